The third-order valence-corrected chi connectivity index (χ3v) is 3.75. The van der Waals surface area contributed by atoms with Crippen LogP contribution in [-0.4, -0.2) is 19.8 Å². The summed E-state index contributed by atoms with van der Waals surface area (Å²) in [7, 11) is 0. The predicted octanol–water partition coefficient (Wildman–Crippen LogP) is 4.55. The highest BCUT2D eigenvalue weighted by atomic mass is 16.5. The first-order chi connectivity index (χ1) is 9.69. The van der Waals surface area contributed by atoms with Gasteiger partial charge in [0.25, 0.3) is 0 Å². The Hall–Kier alpha value is -0.860. The summed E-state index contributed by atoms with van der Waals surface area (Å²) in [4.78, 5) is 0. The van der Waals surface area contributed by atoms with Gasteiger partial charge < -0.3 is 10.1 Å². The van der Waals surface area contributed by atoms with Crippen LogP contribution in [0.5, 0.6) is 0 Å². The monoisotopic (exact) mass is 277 g/mol. The number of unbranched alkanes of at least 4 members (excludes halogenated alkanes) is 2. The summed E-state index contributed by atoms with van der Waals surface area (Å²) in [5.41, 5.74) is 4.06. The number of nitrogens with one attached hydrogen (secondary N) is 1. The van der Waals surface area contributed by atoms with Crippen molar-refractivity contribution in [2.24, 2.45) is 0 Å². The zero-order valence-corrected chi connectivity index (χ0v) is 13.7. The highest BCUT2D eigenvalue weighted by molar-refractivity contribution is 5.31. The molecule has 0 saturated carbocycles. The molecule has 0 fully saturated rings. The lowest BCUT2D eigenvalue weighted by molar-refractivity contribution is 0.108. The van der Waals surface area contributed by atoms with E-state index in [9.17, 15) is 0 Å². The largest absolute Gasteiger partial charge is 0.379 e. The Labute approximate surface area is 124 Å². The molecular formula is C18H31NO. The van der Waals surface area contributed by atoms with E-state index in [1.165, 1.54) is 36.0 Å². The van der Waals surface area contributed by atoms with Gasteiger partial charge in [0.2, 0.25) is 0 Å². The van der Waals surface area contributed by atoms with Gasteiger partial charge in [-0.25, -0.2) is 0 Å². The first kappa shape index (κ1) is 17.2. The van der Waals surface area contributed by atoms with Crippen molar-refractivity contribution in [3.8, 4) is 0 Å². The SMILES string of the molecule is CCCCCOCC(NCCC)c1ccc(C)c(C)c1. The zero-order chi connectivity index (χ0) is 14.8. The Bertz CT molecular complexity index is 376. The van der Waals surface area contributed by atoms with Gasteiger partial charge in [-0.15, -0.1) is 0 Å². The van der Waals surface area contributed by atoms with Crippen LogP contribution >= 0.6 is 0 Å². The first-order valence-corrected chi connectivity index (χ1v) is 8.07. The van der Waals surface area contributed by atoms with Crippen LogP contribution in [0.3, 0.4) is 0 Å². The van der Waals surface area contributed by atoms with Crippen molar-refractivity contribution in [1.82, 2.24) is 5.32 Å². The molecule has 0 saturated heterocycles. The summed E-state index contributed by atoms with van der Waals surface area (Å²) in [6.07, 6.45) is 4.83. The maximum atomic E-state index is 5.86. The van der Waals surface area contributed by atoms with Crippen molar-refractivity contribution in [3.05, 3.63) is 34.9 Å². The molecule has 2 heteroatoms. The second-order valence-corrected chi connectivity index (χ2v) is 5.63. The molecule has 1 rings (SSSR count). The van der Waals surface area contributed by atoms with Crippen molar-refractivity contribution in [2.45, 2.75) is 59.4 Å². The topological polar surface area (TPSA) is 21.3 Å². The molecule has 114 valence electrons. The van der Waals surface area contributed by atoms with Gasteiger partial charge in [-0.3, -0.25) is 0 Å². The van der Waals surface area contributed by atoms with E-state index in [0.717, 1.165) is 26.2 Å². The average Bonchev–Trinajstić information content (AvgIpc) is 2.45. The zero-order valence-electron chi connectivity index (χ0n) is 13.7. The summed E-state index contributed by atoms with van der Waals surface area (Å²) in [6.45, 7) is 11.4. The fourth-order valence-electron chi connectivity index (χ4n) is 2.23. The Morgan fingerprint density at radius 3 is 2.50 bits per heavy atom. The van der Waals surface area contributed by atoms with Crippen molar-refractivity contribution >= 4 is 0 Å². The lowest BCUT2D eigenvalue weighted by atomic mass is 10.0. The average molecular weight is 277 g/mol. The van der Waals surface area contributed by atoms with E-state index in [4.69, 9.17) is 4.74 Å². The van der Waals surface area contributed by atoms with Gasteiger partial charge in [-0.2, -0.15) is 0 Å². The maximum absolute atomic E-state index is 5.86. The molecule has 0 bridgehead atoms. The van der Waals surface area contributed by atoms with Crippen LogP contribution in [0.4, 0.5) is 0 Å². The second kappa shape index (κ2) is 9.95. The normalized spacial score (nSPS) is 12.6. The van der Waals surface area contributed by atoms with E-state index in [1.54, 1.807) is 0 Å². The van der Waals surface area contributed by atoms with E-state index in [-0.39, 0.29) is 0 Å². The molecule has 1 aromatic carbocycles. The summed E-state index contributed by atoms with van der Waals surface area (Å²) >= 11 is 0. The number of hydrogen-bond acceptors (Lipinski definition) is 2. The summed E-state index contributed by atoms with van der Waals surface area (Å²) < 4.78 is 5.86. The standard InChI is InChI=1S/C18H31NO/c1-5-7-8-12-20-14-18(19-11-6-2)17-10-9-15(3)16(4)13-17/h9-10,13,18-19H,5-8,11-12,14H2,1-4H3. The van der Waals surface area contributed by atoms with E-state index in [1.807, 2.05) is 0 Å². The quantitative estimate of drug-likeness (QED) is 0.633. The minimum Gasteiger partial charge on any atom is -0.379 e. The van der Waals surface area contributed by atoms with Gasteiger partial charge in [0.15, 0.2) is 0 Å². The molecule has 0 aliphatic rings. The summed E-state index contributed by atoms with van der Waals surface area (Å²) in [5.74, 6) is 0. The Kier molecular flexibility index (Phi) is 8.56. The van der Waals surface area contributed by atoms with Crippen LogP contribution in [-0.2, 0) is 4.74 Å². The molecule has 0 aliphatic heterocycles. The van der Waals surface area contributed by atoms with Crippen LogP contribution < -0.4 is 5.32 Å². The first-order valence-electron chi connectivity index (χ1n) is 8.07. The van der Waals surface area contributed by atoms with Gasteiger partial charge in [-0.05, 0) is 49.9 Å². The number of hydrogen-bond donors (Lipinski definition) is 1. The number of benzene rings is 1. The van der Waals surface area contributed by atoms with Crippen LogP contribution in [0.25, 0.3) is 0 Å². The van der Waals surface area contributed by atoms with Gasteiger partial charge >= 0.3 is 0 Å². The second-order valence-electron chi connectivity index (χ2n) is 5.63. The maximum Gasteiger partial charge on any atom is 0.0661 e. The minimum absolute atomic E-state index is 0.316. The molecule has 0 spiro atoms. The van der Waals surface area contributed by atoms with Gasteiger partial charge in [-0.1, -0.05) is 44.9 Å². The highest BCUT2D eigenvalue weighted by Gasteiger charge is 2.11. The molecular weight excluding hydrogens is 246 g/mol. The van der Waals surface area contributed by atoms with E-state index < -0.39 is 0 Å². The molecule has 1 unspecified atom stereocenters. The van der Waals surface area contributed by atoms with Crippen molar-refractivity contribution in [1.29, 1.82) is 0 Å². The Morgan fingerprint density at radius 2 is 1.85 bits per heavy atom. The van der Waals surface area contributed by atoms with Crippen LogP contribution in [0, 0.1) is 13.8 Å². The van der Waals surface area contributed by atoms with E-state index in [2.05, 4.69) is 51.2 Å². The van der Waals surface area contributed by atoms with Crippen LogP contribution in [0.2, 0.25) is 0 Å². The molecule has 2 nitrogen and oxygen atoms in total. The van der Waals surface area contributed by atoms with E-state index in [0.29, 0.717) is 6.04 Å². The highest BCUT2D eigenvalue weighted by Crippen LogP contribution is 2.18. The third kappa shape index (κ3) is 6.06. The minimum atomic E-state index is 0.316. The number of aryl methyl sites for hydroxylation is 2. The Morgan fingerprint density at radius 1 is 1.05 bits per heavy atom. The molecule has 1 N–H and O–H groups in total. The van der Waals surface area contributed by atoms with Crippen molar-refractivity contribution in [3.63, 3.8) is 0 Å². The lowest BCUT2D eigenvalue weighted by Gasteiger charge is -2.20. The summed E-state index contributed by atoms with van der Waals surface area (Å²) in [6, 6.07) is 7.04. The van der Waals surface area contributed by atoms with Gasteiger partial charge in [0.1, 0.15) is 0 Å². The predicted molar refractivity (Wildman–Crippen MR) is 87.3 cm³/mol. The molecule has 0 aromatic heterocycles. The van der Waals surface area contributed by atoms with Gasteiger partial charge in [0.05, 0.1) is 12.6 Å². The molecule has 1 aromatic rings. The van der Waals surface area contributed by atoms with Crippen LogP contribution in [0.1, 0.15) is 62.3 Å². The molecule has 0 amide bonds. The van der Waals surface area contributed by atoms with Gasteiger partial charge in [0, 0.05) is 6.61 Å². The lowest BCUT2D eigenvalue weighted by Crippen LogP contribution is -2.26. The molecule has 20 heavy (non-hydrogen) atoms. The number of ether oxygens (including phenoxy) is 1. The van der Waals surface area contributed by atoms with E-state index >= 15 is 0 Å². The number of rotatable bonds is 10. The van der Waals surface area contributed by atoms with Crippen molar-refractivity contribution in [2.75, 3.05) is 19.8 Å². The molecule has 1 atom stereocenters. The fraction of sp³-hybridized carbons (Fsp3) is 0.667. The molecule has 0 radical (unpaired) electrons. The third-order valence-electron chi connectivity index (χ3n) is 3.75. The smallest absolute Gasteiger partial charge is 0.0661 e. The molecule has 0 heterocycles. The Balaban J connectivity index is 2.55. The fourth-order valence-corrected chi connectivity index (χ4v) is 2.23. The summed E-state index contributed by atoms with van der Waals surface area (Å²) in [5, 5.41) is 3.60. The van der Waals surface area contributed by atoms with Crippen LogP contribution in [0.15, 0.2) is 18.2 Å². The van der Waals surface area contributed by atoms with Crippen molar-refractivity contribution < 1.29 is 4.74 Å². The molecule has 0 aliphatic carbocycles.